The zero-order valence-corrected chi connectivity index (χ0v) is 12.5. The Labute approximate surface area is 129 Å². The molecule has 0 spiro atoms. The van der Waals surface area contributed by atoms with Gasteiger partial charge in [0.1, 0.15) is 5.82 Å². The SMILES string of the molecule is O=C(CN1CCC(C2OCCO2)CC1)Nc1ccc(F)cc1. The molecule has 0 bridgehead atoms. The Morgan fingerprint density at radius 2 is 1.82 bits per heavy atom. The molecule has 2 heterocycles. The van der Waals surface area contributed by atoms with E-state index in [4.69, 9.17) is 9.47 Å². The number of halogens is 1. The first-order valence-corrected chi connectivity index (χ1v) is 7.72. The minimum atomic E-state index is -0.309. The van der Waals surface area contributed by atoms with Gasteiger partial charge in [0.2, 0.25) is 5.91 Å². The molecule has 0 saturated carbocycles. The molecule has 0 aromatic heterocycles. The van der Waals surface area contributed by atoms with E-state index in [0.29, 0.717) is 31.4 Å². The van der Waals surface area contributed by atoms with Crippen LogP contribution in [-0.2, 0) is 14.3 Å². The van der Waals surface area contributed by atoms with Crippen molar-refractivity contribution in [2.24, 2.45) is 5.92 Å². The van der Waals surface area contributed by atoms with E-state index >= 15 is 0 Å². The Balaban J connectivity index is 1.42. The van der Waals surface area contributed by atoms with Crippen molar-refractivity contribution in [3.8, 4) is 0 Å². The second-order valence-corrected chi connectivity index (χ2v) is 5.78. The number of amides is 1. The molecule has 1 aromatic rings. The number of piperidine rings is 1. The molecule has 1 N–H and O–H groups in total. The van der Waals surface area contributed by atoms with E-state index < -0.39 is 0 Å². The monoisotopic (exact) mass is 308 g/mol. The highest BCUT2D eigenvalue weighted by Gasteiger charge is 2.30. The van der Waals surface area contributed by atoms with Crippen LogP contribution in [0.4, 0.5) is 10.1 Å². The van der Waals surface area contributed by atoms with Gasteiger partial charge in [0.15, 0.2) is 6.29 Å². The first-order valence-electron chi connectivity index (χ1n) is 7.72. The molecule has 0 atom stereocenters. The molecule has 3 rings (SSSR count). The number of carbonyl (C=O) groups is 1. The third kappa shape index (κ3) is 4.03. The number of carbonyl (C=O) groups excluding carboxylic acids is 1. The summed E-state index contributed by atoms with van der Waals surface area (Å²) in [4.78, 5) is 14.1. The van der Waals surface area contributed by atoms with Crippen molar-refractivity contribution in [2.45, 2.75) is 19.1 Å². The summed E-state index contributed by atoms with van der Waals surface area (Å²) in [6.07, 6.45) is 1.90. The van der Waals surface area contributed by atoms with Gasteiger partial charge < -0.3 is 14.8 Å². The number of nitrogens with one attached hydrogen (secondary N) is 1. The van der Waals surface area contributed by atoms with Crippen LogP contribution in [0.1, 0.15) is 12.8 Å². The fraction of sp³-hybridized carbons (Fsp3) is 0.562. The molecule has 5 nitrogen and oxygen atoms in total. The van der Waals surface area contributed by atoms with Gasteiger partial charge in [-0.25, -0.2) is 4.39 Å². The molecule has 0 radical (unpaired) electrons. The molecule has 0 aliphatic carbocycles. The smallest absolute Gasteiger partial charge is 0.238 e. The summed E-state index contributed by atoms with van der Waals surface area (Å²) in [5, 5.41) is 2.79. The molecule has 2 saturated heterocycles. The fourth-order valence-corrected chi connectivity index (χ4v) is 2.97. The predicted molar refractivity (Wildman–Crippen MR) is 79.9 cm³/mol. The van der Waals surface area contributed by atoms with Crippen LogP contribution in [0.2, 0.25) is 0 Å². The van der Waals surface area contributed by atoms with Gasteiger partial charge in [0.25, 0.3) is 0 Å². The maximum atomic E-state index is 12.8. The maximum Gasteiger partial charge on any atom is 0.238 e. The molecule has 2 aliphatic rings. The Morgan fingerprint density at radius 1 is 1.18 bits per heavy atom. The quantitative estimate of drug-likeness (QED) is 0.922. The van der Waals surface area contributed by atoms with Crippen molar-refractivity contribution in [1.82, 2.24) is 4.90 Å². The molecule has 6 heteroatoms. The highest BCUT2D eigenvalue weighted by Crippen LogP contribution is 2.25. The van der Waals surface area contributed by atoms with Gasteiger partial charge in [0, 0.05) is 11.6 Å². The van der Waals surface area contributed by atoms with Crippen LogP contribution in [0.25, 0.3) is 0 Å². The topological polar surface area (TPSA) is 50.8 Å². The zero-order chi connectivity index (χ0) is 15.4. The van der Waals surface area contributed by atoms with E-state index in [1.54, 1.807) is 12.1 Å². The predicted octanol–water partition coefficient (Wildman–Crippen LogP) is 1.85. The van der Waals surface area contributed by atoms with Crippen LogP contribution < -0.4 is 5.32 Å². The first-order chi connectivity index (χ1) is 10.7. The average molecular weight is 308 g/mol. The Hall–Kier alpha value is -1.50. The number of nitrogens with zero attached hydrogens (tertiary/aromatic N) is 1. The molecule has 1 amide bonds. The average Bonchev–Trinajstić information content (AvgIpc) is 3.05. The third-order valence-electron chi connectivity index (χ3n) is 4.16. The normalized spacial score (nSPS) is 21.1. The summed E-state index contributed by atoms with van der Waals surface area (Å²) >= 11 is 0. The number of anilines is 1. The van der Waals surface area contributed by atoms with Gasteiger partial charge in [-0.15, -0.1) is 0 Å². The van der Waals surface area contributed by atoms with Gasteiger partial charge in [0.05, 0.1) is 19.8 Å². The Morgan fingerprint density at radius 3 is 2.45 bits per heavy atom. The Bertz CT molecular complexity index is 495. The summed E-state index contributed by atoms with van der Waals surface area (Å²) in [6.45, 7) is 3.46. The van der Waals surface area contributed by atoms with Crippen LogP contribution in [0.3, 0.4) is 0 Å². The van der Waals surface area contributed by atoms with Crippen LogP contribution in [0.5, 0.6) is 0 Å². The minimum absolute atomic E-state index is 0.0600. The van der Waals surface area contributed by atoms with Crippen molar-refractivity contribution in [3.05, 3.63) is 30.1 Å². The lowest BCUT2D eigenvalue weighted by Crippen LogP contribution is -2.41. The number of benzene rings is 1. The van der Waals surface area contributed by atoms with Gasteiger partial charge in [-0.2, -0.15) is 0 Å². The van der Waals surface area contributed by atoms with Gasteiger partial charge in [-0.1, -0.05) is 0 Å². The van der Waals surface area contributed by atoms with E-state index in [2.05, 4.69) is 10.2 Å². The molecular weight excluding hydrogens is 287 g/mol. The van der Waals surface area contributed by atoms with Crippen molar-refractivity contribution < 1.29 is 18.7 Å². The molecule has 22 heavy (non-hydrogen) atoms. The van der Waals surface area contributed by atoms with Crippen molar-refractivity contribution in [3.63, 3.8) is 0 Å². The minimum Gasteiger partial charge on any atom is -0.350 e. The van der Waals surface area contributed by atoms with Gasteiger partial charge in [-0.05, 0) is 50.2 Å². The van der Waals surface area contributed by atoms with Crippen LogP contribution in [0, 0.1) is 11.7 Å². The largest absolute Gasteiger partial charge is 0.350 e. The number of hydrogen-bond acceptors (Lipinski definition) is 4. The summed E-state index contributed by atoms with van der Waals surface area (Å²) in [5.41, 5.74) is 0.619. The molecule has 2 aliphatic heterocycles. The van der Waals surface area contributed by atoms with Crippen LogP contribution in [-0.4, -0.2) is 49.9 Å². The Kier molecular flexibility index (Phi) is 5.02. The molecule has 1 aromatic carbocycles. The van der Waals surface area contributed by atoms with Crippen molar-refractivity contribution in [1.29, 1.82) is 0 Å². The number of ether oxygens (including phenoxy) is 2. The fourth-order valence-electron chi connectivity index (χ4n) is 2.97. The molecular formula is C16H21FN2O3. The highest BCUT2D eigenvalue weighted by molar-refractivity contribution is 5.92. The molecule has 2 fully saturated rings. The maximum absolute atomic E-state index is 12.8. The highest BCUT2D eigenvalue weighted by atomic mass is 19.1. The third-order valence-corrected chi connectivity index (χ3v) is 4.16. The number of rotatable bonds is 4. The summed E-state index contributed by atoms with van der Waals surface area (Å²) < 4.78 is 23.9. The first kappa shape index (κ1) is 15.4. The van der Waals surface area contributed by atoms with Crippen LogP contribution >= 0.6 is 0 Å². The summed E-state index contributed by atoms with van der Waals surface area (Å²) in [6, 6.07) is 5.80. The van der Waals surface area contributed by atoms with E-state index in [1.807, 2.05) is 0 Å². The van der Waals surface area contributed by atoms with Crippen molar-refractivity contribution >= 4 is 11.6 Å². The second-order valence-electron chi connectivity index (χ2n) is 5.78. The van der Waals surface area contributed by atoms with Crippen molar-refractivity contribution in [2.75, 3.05) is 38.2 Å². The van der Waals surface area contributed by atoms with E-state index in [-0.39, 0.29) is 18.0 Å². The lowest BCUT2D eigenvalue weighted by molar-refractivity contribution is -0.119. The van der Waals surface area contributed by atoms with E-state index in [9.17, 15) is 9.18 Å². The standard InChI is InChI=1S/C16H21FN2O3/c17-13-1-3-14(4-2-13)18-15(20)11-19-7-5-12(6-8-19)16-21-9-10-22-16/h1-4,12,16H,5-11H2,(H,18,20). The summed E-state index contributed by atoms with van der Waals surface area (Å²) in [7, 11) is 0. The zero-order valence-electron chi connectivity index (χ0n) is 12.5. The second kappa shape index (κ2) is 7.17. The van der Waals surface area contributed by atoms with Gasteiger partial charge in [-0.3, -0.25) is 9.69 Å². The van der Waals surface area contributed by atoms with E-state index in [0.717, 1.165) is 25.9 Å². The summed E-state index contributed by atoms with van der Waals surface area (Å²) in [5.74, 6) is 0.0498. The number of likely N-dealkylation sites (tertiary alicyclic amines) is 1. The van der Waals surface area contributed by atoms with Crippen LogP contribution in [0.15, 0.2) is 24.3 Å². The lowest BCUT2D eigenvalue weighted by atomic mass is 9.96. The van der Waals surface area contributed by atoms with E-state index in [1.165, 1.54) is 12.1 Å². The molecule has 0 unspecified atom stereocenters. The molecule has 120 valence electrons. The number of hydrogen-bond donors (Lipinski definition) is 1. The lowest BCUT2D eigenvalue weighted by Gasteiger charge is -2.33. The van der Waals surface area contributed by atoms with Gasteiger partial charge >= 0.3 is 0 Å².